The standard InChI is InChI=1S/C13H23F2NO3/c1-3-5-6-9(4-2)7-12(17)16-10(13(18)19)8-11(14)15/h9-11H,3-8H2,1-2H3,(H,16,17)(H,18,19). The van der Waals surface area contributed by atoms with Crippen molar-refractivity contribution in [3.8, 4) is 0 Å². The van der Waals surface area contributed by atoms with Gasteiger partial charge in [0.25, 0.3) is 0 Å². The second-order valence-electron chi connectivity index (χ2n) is 4.71. The van der Waals surface area contributed by atoms with E-state index in [2.05, 4.69) is 12.2 Å². The predicted molar refractivity (Wildman–Crippen MR) is 68.1 cm³/mol. The maximum Gasteiger partial charge on any atom is 0.326 e. The molecule has 0 saturated carbocycles. The molecule has 0 aliphatic carbocycles. The van der Waals surface area contributed by atoms with E-state index in [-0.39, 0.29) is 12.3 Å². The summed E-state index contributed by atoms with van der Waals surface area (Å²) < 4.78 is 24.4. The summed E-state index contributed by atoms with van der Waals surface area (Å²) in [5, 5.41) is 10.9. The molecular formula is C13H23F2NO3. The summed E-state index contributed by atoms with van der Waals surface area (Å²) in [6.07, 6.45) is 0.346. The van der Waals surface area contributed by atoms with Gasteiger partial charge in [-0.1, -0.05) is 33.1 Å². The zero-order valence-electron chi connectivity index (χ0n) is 11.5. The third-order valence-electron chi connectivity index (χ3n) is 3.06. The van der Waals surface area contributed by atoms with Crippen LogP contribution in [0.3, 0.4) is 0 Å². The number of carboxylic acids is 1. The van der Waals surface area contributed by atoms with Crippen molar-refractivity contribution in [1.82, 2.24) is 5.32 Å². The Balaban J connectivity index is 4.27. The van der Waals surface area contributed by atoms with E-state index >= 15 is 0 Å². The summed E-state index contributed by atoms with van der Waals surface area (Å²) in [5.41, 5.74) is 0. The number of amides is 1. The summed E-state index contributed by atoms with van der Waals surface area (Å²) in [4.78, 5) is 22.4. The van der Waals surface area contributed by atoms with E-state index in [1.165, 1.54) is 0 Å². The van der Waals surface area contributed by atoms with Crippen LogP contribution in [0.15, 0.2) is 0 Å². The van der Waals surface area contributed by atoms with Crippen LogP contribution in [0.2, 0.25) is 0 Å². The number of aliphatic carboxylic acids is 1. The predicted octanol–water partition coefficient (Wildman–Crippen LogP) is 2.82. The van der Waals surface area contributed by atoms with Gasteiger partial charge in [-0.25, -0.2) is 13.6 Å². The Morgan fingerprint density at radius 3 is 2.32 bits per heavy atom. The molecule has 0 saturated heterocycles. The van der Waals surface area contributed by atoms with Gasteiger partial charge in [0, 0.05) is 12.8 Å². The summed E-state index contributed by atoms with van der Waals surface area (Å²) in [7, 11) is 0. The summed E-state index contributed by atoms with van der Waals surface area (Å²) >= 11 is 0. The Bertz CT molecular complexity index is 285. The van der Waals surface area contributed by atoms with Crippen molar-refractivity contribution in [2.75, 3.05) is 0 Å². The molecule has 0 spiro atoms. The highest BCUT2D eigenvalue weighted by Gasteiger charge is 2.24. The SMILES string of the molecule is CCCCC(CC)CC(=O)NC(CC(F)F)C(=O)O. The number of carbonyl (C=O) groups excluding carboxylic acids is 1. The molecule has 2 N–H and O–H groups in total. The lowest BCUT2D eigenvalue weighted by Gasteiger charge is -2.17. The van der Waals surface area contributed by atoms with Crippen LogP contribution in [0.4, 0.5) is 8.78 Å². The number of unbranched alkanes of at least 4 members (excludes halogenated alkanes) is 1. The van der Waals surface area contributed by atoms with Crippen molar-refractivity contribution in [2.24, 2.45) is 5.92 Å². The fourth-order valence-electron chi connectivity index (χ4n) is 1.86. The summed E-state index contributed by atoms with van der Waals surface area (Å²) in [6, 6.07) is -1.50. The van der Waals surface area contributed by atoms with Crippen LogP contribution in [0.1, 0.15) is 52.4 Å². The van der Waals surface area contributed by atoms with Crippen molar-refractivity contribution in [2.45, 2.75) is 64.8 Å². The van der Waals surface area contributed by atoms with Gasteiger partial charge in [0.05, 0.1) is 0 Å². The highest BCUT2D eigenvalue weighted by molar-refractivity contribution is 5.83. The van der Waals surface area contributed by atoms with Crippen LogP contribution in [-0.4, -0.2) is 29.5 Å². The maximum atomic E-state index is 12.2. The highest BCUT2D eigenvalue weighted by Crippen LogP contribution is 2.16. The van der Waals surface area contributed by atoms with Crippen LogP contribution in [0.5, 0.6) is 0 Å². The minimum atomic E-state index is -2.75. The molecule has 0 aromatic rings. The third kappa shape index (κ3) is 8.51. The Morgan fingerprint density at radius 2 is 1.89 bits per heavy atom. The van der Waals surface area contributed by atoms with E-state index in [1.807, 2.05) is 6.92 Å². The first-order valence-electron chi connectivity index (χ1n) is 6.70. The molecule has 0 heterocycles. The summed E-state index contributed by atoms with van der Waals surface area (Å²) in [5.74, 6) is -1.70. The van der Waals surface area contributed by atoms with Crippen LogP contribution >= 0.6 is 0 Å². The lowest BCUT2D eigenvalue weighted by Crippen LogP contribution is -2.42. The third-order valence-corrected chi connectivity index (χ3v) is 3.06. The lowest BCUT2D eigenvalue weighted by atomic mass is 9.95. The van der Waals surface area contributed by atoms with Crippen LogP contribution in [0, 0.1) is 5.92 Å². The van der Waals surface area contributed by atoms with E-state index in [0.717, 1.165) is 25.7 Å². The van der Waals surface area contributed by atoms with E-state index < -0.39 is 30.8 Å². The zero-order valence-corrected chi connectivity index (χ0v) is 11.5. The molecular weight excluding hydrogens is 256 g/mol. The fraction of sp³-hybridized carbons (Fsp3) is 0.846. The van der Waals surface area contributed by atoms with Crippen LogP contribution in [-0.2, 0) is 9.59 Å². The van der Waals surface area contributed by atoms with E-state index in [1.54, 1.807) is 0 Å². The van der Waals surface area contributed by atoms with Gasteiger partial charge >= 0.3 is 5.97 Å². The Labute approximate surface area is 112 Å². The molecule has 0 bridgehead atoms. The van der Waals surface area contributed by atoms with Gasteiger partial charge in [-0.15, -0.1) is 0 Å². The Kier molecular flexibility index (Phi) is 9.08. The second-order valence-corrected chi connectivity index (χ2v) is 4.71. The first kappa shape index (κ1) is 17.8. The topological polar surface area (TPSA) is 66.4 Å². The highest BCUT2D eigenvalue weighted by atomic mass is 19.3. The molecule has 2 atom stereocenters. The maximum absolute atomic E-state index is 12.2. The molecule has 19 heavy (non-hydrogen) atoms. The van der Waals surface area contributed by atoms with Gasteiger partial charge in [-0.05, 0) is 12.3 Å². The molecule has 0 aliphatic rings. The van der Waals surface area contributed by atoms with E-state index in [9.17, 15) is 18.4 Å². The number of alkyl halides is 2. The molecule has 112 valence electrons. The van der Waals surface area contributed by atoms with Crippen LogP contribution < -0.4 is 5.32 Å². The van der Waals surface area contributed by atoms with Crippen molar-refractivity contribution < 1.29 is 23.5 Å². The molecule has 0 radical (unpaired) electrons. The Morgan fingerprint density at radius 1 is 1.26 bits per heavy atom. The van der Waals surface area contributed by atoms with Gasteiger partial charge in [-0.2, -0.15) is 0 Å². The average Bonchev–Trinajstić information content (AvgIpc) is 2.32. The molecule has 0 aliphatic heterocycles. The average molecular weight is 279 g/mol. The van der Waals surface area contributed by atoms with Crippen LogP contribution in [0.25, 0.3) is 0 Å². The molecule has 4 nitrogen and oxygen atoms in total. The molecule has 6 heteroatoms. The molecule has 0 rings (SSSR count). The molecule has 2 unspecified atom stereocenters. The molecule has 0 aromatic heterocycles. The van der Waals surface area contributed by atoms with E-state index in [4.69, 9.17) is 5.11 Å². The van der Waals surface area contributed by atoms with E-state index in [0.29, 0.717) is 0 Å². The smallest absolute Gasteiger partial charge is 0.326 e. The number of rotatable bonds is 10. The largest absolute Gasteiger partial charge is 0.480 e. The summed E-state index contributed by atoms with van der Waals surface area (Å²) in [6.45, 7) is 4.01. The second kappa shape index (κ2) is 9.69. The first-order chi connectivity index (χ1) is 8.90. The monoisotopic (exact) mass is 279 g/mol. The van der Waals surface area contributed by atoms with Crippen molar-refractivity contribution in [3.63, 3.8) is 0 Å². The minimum Gasteiger partial charge on any atom is -0.480 e. The van der Waals surface area contributed by atoms with Gasteiger partial charge in [0.1, 0.15) is 6.04 Å². The molecule has 0 fully saturated rings. The minimum absolute atomic E-state index is 0.181. The quantitative estimate of drug-likeness (QED) is 0.646. The number of nitrogens with one attached hydrogen (secondary N) is 1. The zero-order chi connectivity index (χ0) is 14.8. The van der Waals surface area contributed by atoms with Gasteiger partial charge in [0.2, 0.25) is 12.3 Å². The number of hydrogen-bond donors (Lipinski definition) is 2. The number of hydrogen-bond acceptors (Lipinski definition) is 2. The van der Waals surface area contributed by atoms with Crippen molar-refractivity contribution in [1.29, 1.82) is 0 Å². The fourth-order valence-corrected chi connectivity index (χ4v) is 1.86. The van der Waals surface area contributed by atoms with Gasteiger partial charge in [0.15, 0.2) is 0 Å². The number of carbonyl (C=O) groups is 2. The normalized spacial score (nSPS) is 14.2. The molecule has 0 aromatic carbocycles. The molecule has 1 amide bonds. The number of carboxylic acid groups (broad SMARTS) is 1. The lowest BCUT2D eigenvalue weighted by molar-refractivity contribution is -0.143. The van der Waals surface area contributed by atoms with Crippen molar-refractivity contribution in [3.05, 3.63) is 0 Å². The van der Waals surface area contributed by atoms with Gasteiger partial charge < -0.3 is 10.4 Å². The van der Waals surface area contributed by atoms with Crippen molar-refractivity contribution >= 4 is 11.9 Å². The van der Waals surface area contributed by atoms with Gasteiger partial charge in [-0.3, -0.25) is 4.79 Å². The number of halogens is 2. The first-order valence-corrected chi connectivity index (χ1v) is 6.70. The Hall–Kier alpha value is -1.20.